The maximum atomic E-state index is 12.2. The summed E-state index contributed by atoms with van der Waals surface area (Å²) in [5.74, 6) is -0.543. The van der Waals surface area contributed by atoms with Gasteiger partial charge in [0.25, 0.3) is 11.8 Å². The molecular weight excluding hydrogens is 306 g/mol. The molecule has 0 bridgehead atoms. The van der Waals surface area contributed by atoms with Gasteiger partial charge in [0.15, 0.2) is 0 Å². The quantitative estimate of drug-likeness (QED) is 0.724. The van der Waals surface area contributed by atoms with Crippen LogP contribution in [0.15, 0.2) is 48.7 Å². The predicted molar refractivity (Wildman–Crippen MR) is 90.7 cm³/mol. The van der Waals surface area contributed by atoms with Crippen LogP contribution in [-0.2, 0) is 11.3 Å². The molecule has 2 amide bonds. The Morgan fingerprint density at radius 1 is 1.08 bits per heavy atom. The van der Waals surface area contributed by atoms with Crippen LogP contribution in [0, 0.1) is 0 Å². The van der Waals surface area contributed by atoms with E-state index in [1.165, 1.54) is 12.3 Å². The number of hydrogen-bond donors (Lipinski definition) is 2. The van der Waals surface area contributed by atoms with Gasteiger partial charge in [-0.1, -0.05) is 30.3 Å². The smallest absolute Gasteiger partial charge is 0.269 e. The number of pyridine rings is 1. The number of rotatable bonds is 8. The van der Waals surface area contributed by atoms with Crippen LogP contribution in [0.3, 0.4) is 0 Å². The van der Waals surface area contributed by atoms with Crippen LogP contribution in [0.5, 0.6) is 0 Å². The Labute approximate surface area is 141 Å². The molecule has 0 atom stereocenters. The van der Waals surface area contributed by atoms with Gasteiger partial charge >= 0.3 is 0 Å². The van der Waals surface area contributed by atoms with Crippen LogP contribution in [0.25, 0.3) is 0 Å². The fourth-order valence-electron chi connectivity index (χ4n) is 2.09. The van der Waals surface area contributed by atoms with Gasteiger partial charge in [-0.05, 0) is 24.1 Å². The first-order valence-corrected chi connectivity index (χ1v) is 7.76. The molecule has 1 aromatic carbocycles. The predicted octanol–water partition coefficient (Wildman–Crippen LogP) is 1.78. The normalized spacial score (nSPS) is 10.2. The Hall–Kier alpha value is -2.73. The van der Waals surface area contributed by atoms with Crippen molar-refractivity contribution in [1.29, 1.82) is 0 Å². The summed E-state index contributed by atoms with van der Waals surface area (Å²) < 4.78 is 4.92. The van der Waals surface area contributed by atoms with Gasteiger partial charge in [0, 0.05) is 38.6 Å². The highest BCUT2D eigenvalue weighted by molar-refractivity contribution is 5.98. The number of aromatic nitrogens is 1. The average Bonchev–Trinajstić information content (AvgIpc) is 2.64. The molecule has 1 aromatic heterocycles. The average molecular weight is 327 g/mol. The second-order valence-corrected chi connectivity index (χ2v) is 5.20. The highest BCUT2D eigenvalue weighted by atomic mass is 16.5. The van der Waals surface area contributed by atoms with E-state index in [-0.39, 0.29) is 17.5 Å². The highest BCUT2D eigenvalue weighted by Crippen LogP contribution is 2.04. The third-order valence-corrected chi connectivity index (χ3v) is 3.36. The number of methoxy groups -OCH3 is 1. The van der Waals surface area contributed by atoms with E-state index in [1.807, 2.05) is 30.3 Å². The summed E-state index contributed by atoms with van der Waals surface area (Å²) in [5, 5.41) is 5.57. The zero-order valence-electron chi connectivity index (χ0n) is 13.6. The van der Waals surface area contributed by atoms with Crippen molar-refractivity contribution >= 4 is 11.8 Å². The Morgan fingerprint density at radius 2 is 1.88 bits per heavy atom. The minimum atomic E-state index is -0.302. The molecule has 0 aliphatic heterocycles. The summed E-state index contributed by atoms with van der Waals surface area (Å²) in [6.45, 7) is 1.51. The molecule has 2 aromatic rings. The number of nitrogens with zero attached hydrogens (tertiary/aromatic N) is 1. The number of hydrogen-bond acceptors (Lipinski definition) is 4. The zero-order chi connectivity index (χ0) is 17.2. The number of carbonyl (C=O) groups is 2. The SMILES string of the molecule is COCCCNC(=O)c1cc(C(=O)NCc2ccccc2)ccn1. The lowest BCUT2D eigenvalue weighted by Crippen LogP contribution is -2.27. The highest BCUT2D eigenvalue weighted by Gasteiger charge is 2.11. The molecule has 0 saturated carbocycles. The Bertz CT molecular complexity index is 674. The largest absolute Gasteiger partial charge is 0.385 e. The first kappa shape index (κ1) is 17.6. The molecule has 6 heteroatoms. The van der Waals surface area contributed by atoms with Gasteiger partial charge in [-0.2, -0.15) is 0 Å². The standard InChI is InChI=1S/C18H21N3O3/c1-24-11-5-9-20-18(23)16-12-15(8-10-19-16)17(22)21-13-14-6-3-2-4-7-14/h2-4,6-8,10,12H,5,9,11,13H2,1H3,(H,20,23)(H,21,22). The van der Waals surface area contributed by atoms with Gasteiger partial charge in [0.1, 0.15) is 5.69 Å². The lowest BCUT2D eigenvalue weighted by Gasteiger charge is -2.07. The van der Waals surface area contributed by atoms with Gasteiger partial charge in [-0.15, -0.1) is 0 Å². The number of amides is 2. The van der Waals surface area contributed by atoms with Crippen molar-refractivity contribution in [2.75, 3.05) is 20.3 Å². The van der Waals surface area contributed by atoms with Crippen molar-refractivity contribution < 1.29 is 14.3 Å². The van der Waals surface area contributed by atoms with Crippen LogP contribution in [0.4, 0.5) is 0 Å². The molecule has 6 nitrogen and oxygen atoms in total. The minimum absolute atomic E-state index is 0.222. The number of benzene rings is 1. The first-order valence-electron chi connectivity index (χ1n) is 7.76. The van der Waals surface area contributed by atoms with Crippen LogP contribution in [0.2, 0.25) is 0 Å². The molecule has 0 saturated heterocycles. The summed E-state index contributed by atoms with van der Waals surface area (Å²) in [6, 6.07) is 12.7. The van der Waals surface area contributed by atoms with E-state index in [4.69, 9.17) is 4.74 Å². The molecule has 0 aliphatic rings. The van der Waals surface area contributed by atoms with Crippen LogP contribution < -0.4 is 10.6 Å². The monoisotopic (exact) mass is 327 g/mol. The van der Waals surface area contributed by atoms with Crippen molar-refractivity contribution in [2.24, 2.45) is 0 Å². The number of carbonyl (C=O) groups excluding carboxylic acids is 2. The summed E-state index contributed by atoms with van der Waals surface area (Å²) in [6.07, 6.45) is 2.18. The molecule has 0 spiro atoms. The molecule has 24 heavy (non-hydrogen) atoms. The van der Waals surface area contributed by atoms with Gasteiger partial charge < -0.3 is 15.4 Å². The molecule has 0 fully saturated rings. The summed E-state index contributed by atoms with van der Waals surface area (Å²) in [7, 11) is 1.61. The molecule has 126 valence electrons. The molecule has 0 aliphatic carbocycles. The van der Waals surface area contributed by atoms with E-state index in [2.05, 4.69) is 15.6 Å². The molecule has 1 heterocycles. The van der Waals surface area contributed by atoms with E-state index < -0.39 is 0 Å². The van der Waals surface area contributed by atoms with E-state index in [0.29, 0.717) is 25.3 Å². The fraction of sp³-hybridized carbons (Fsp3) is 0.278. The third kappa shape index (κ3) is 5.48. The lowest BCUT2D eigenvalue weighted by atomic mass is 10.2. The van der Waals surface area contributed by atoms with Crippen molar-refractivity contribution in [3.05, 3.63) is 65.5 Å². The summed E-state index contributed by atoms with van der Waals surface area (Å²) >= 11 is 0. The topological polar surface area (TPSA) is 80.3 Å². The fourth-order valence-corrected chi connectivity index (χ4v) is 2.09. The summed E-state index contributed by atoms with van der Waals surface area (Å²) in [4.78, 5) is 28.2. The minimum Gasteiger partial charge on any atom is -0.385 e. The lowest BCUT2D eigenvalue weighted by molar-refractivity contribution is 0.0943. The zero-order valence-corrected chi connectivity index (χ0v) is 13.6. The van der Waals surface area contributed by atoms with Crippen molar-refractivity contribution in [3.63, 3.8) is 0 Å². The summed E-state index contributed by atoms with van der Waals surface area (Å²) in [5.41, 5.74) is 1.64. The molecule has 0 radical (unpaired) electrons. The van der Waals surface area contributed by atoms with Gasteiger partial charge in [0.05, 0.1) is 0 Å². The van der Waals surface area contributed by atoms with Crippen LogP contribution in [0.1, 0.15) is 32.8 Å². The van der Waals surface area contributed by atoms with E-state index in [9.17, 15) is 9.59 Å². The Kier molecular flexibility index (Phi) is 6.91. The second kappa shape index (κ2) is 9.42. The van der Waals surface area contributed by atoms with Crippen molar-refractivity contribution in [1.82, 2.24) is 15.6 Å². The van der Waals surface area contributed by atoms with Crippen molar-refractivity contribution in [3.8, 4) is 0 Å². The van der Waals surface area contributed by atoms with Crippen LogP contribution >= 0.6 is 0 Å². The van der Waals surface area contributed by atoms with E-state index in [0.717, 1.165) is 12.0 Å². The Balaban J connectivity index is 1.91. The van der Waals surface area contributed by atoms with E-state index >= 15 is 0 Å². The second-order valence-electron chi connectivity index (χ2n) is 5.20. The molecule has 2 N–H and O–H groups in total. The number of nitrogens with one attached hydrogen (secondary N) is 2. The maximum absolute atomic E-state index is 12.2. The Morgan fingerprint density at radius 3 is 2.62 bits per heavy atom. The van der Waals surface area contributed by atoms with Gasteiger partial charge in [-0.3, -0.25) is 14.6 Å². The number of ether oxygens (including phenoxy) is 1. The van der Waals surface area contributed by atoms with E-state index in [1.54, 1.807) is 13.2 Å². The van der Waals surface area contributed by atoms with Crippen LogP contribution in [-0.4, -0.2) is 37.1 Å². The molecule has 0 unspecified atom stereocenters. The first-order chi connectivity index (χ1) is 11.7. The third-order valence-electron chi connectivity index (χ3n) is 3.36. The molecule has 2 rings (SSSR count). The molecular formula is C18H21N3O3. The van der Waals surface area contributed by atoms with Gasteiger partial charge in [0.2, 0.25) is 0 Å². The van der Waals surface area contributed by atoms with Crippen molar-refractivity contribution in [2.45, 2.75) is 13.0 Å². The van der Waals surface area contributed by atoms with Gasteiger partial charge in [-0.25, -0.2) is 0 Å². The maximum Gasteiger partial charge on any atom is 0.269 e.